The number of rotatable bonds is 4. The number of hydrogen-bond acceptors (Lipinski definition) is 4. The zero-order valence-electron chi connectivity index (χ0n) is 13.3. The SMILES string of the molecule is C[C@H]1CCCC[C@@H]1NC(=O)/C(C#N)=C/c1ccc(Br)c([N+](=O)[O-])c1. The molecule has 1 fully saturated rings. The van der Waals surface area contributed by atoms with E-state index in [2.05, 4.69) is 28.2 Å². The first kappa shape index (κ1) is 18.1. The van der Waals surface area contributed by atoms with E-state index in [0.717, 1.165) is 25.7 Å². The van der Waals surface area contributed by atoms with E-state index < -0.39 is 10.8 Å². The first-order chi connectivity index (χ1) is 11.4. The summed E-state index contributed by atoms with van der Waals surface area (Å²) in [5, 5.41) is 23.2. The fourth-order valence-electron chi connectivity index (χ4n) is 2.85. The number of nitrogens with one attached hydrogen (secondary N) is 1. The summed E-state index contributed by atoms with van der Waals surface area (Å²) >= 11 is 3.11. The van der Waals surface area contributed by atoms with Crippen molar-refractivity contribution in [2.45, 2.75) is 38.6 Å². The van der Waals surface area contributed by atoms with Crippen molar-refractivity contribution in [3.05, 3.63) is 43.9 Å². The Morgan fingerprint density at radius 1 is 1.46 bits per heavy atom. The molecule has 0 aromatic heterocycles. The van der Waals surface area contributed by atoms with E-state index in [1.165, 1.54) is 18.2 Å². The smallest absolute Gasteiger partial charge is 0.284 e. The van der Waals surface area contributed by atoms with Gasteiger partial charge < -0.3 is 5.32 Å². The molecule has 2 rings (SSSR count). The zero-order valence-corrected chi connectivity index (χ0v) is 14.9. The molecule has 1 aromatic carbocycles. The number of benzene rings is 1. The van der Waals surface area contributed by atoms with E-state index in [0.29, 0.717) is 16.0 Å². The Hall–Kier alpha value is -2.20. The fraction of sp³-hybridized carbons (Fsp3) is 0.412. The molecular weight excluding hydrogens is 374 g/mol. The zero-order chi connectivity index (χ0) is 17.7. The summed E-state index contributed by atoms with van der Waals surface area (Å²) < 4.78 is 0.351. The van der Waals surface area contributed by atoms with Crippen LogP contribution in [0.2, 0.25) is 0 Å². The molecule has 126 valence electrons. The van der Waals surface area contributed by atoms with Gasteiger partial charge in [-0.15, -0.1) is 0 Å². The van der Waals surface area contributed by atoms with Gasteiger partial charge in [-0.2, -0.15) is 5.26 Å². The van der Waals surface area contributed by atoms with Gasteiger partial charge in [-0.3, -0.25) is 14.9 Å². The van der Waals surface area contributed by atoms with Gasteiger partial charge in [0, 0.05) is 12.1 Å². The maximum absolute atomic E-state index is 12.3. The minimum atomic E-state index is -0.517. The molecular formula is C17H18BrN3O3. The second kappa shape index (κ2) is 8.06. The predicted octanol–water partition coefficient (Wildman–Crippen LogP) is 3.96. The van der Waals surface area contributed by atoms with E-state index in [9.17, 15) is 20.2 Å². The van der Waals surface area contributed by atoms with Crippen LogP contribution in [0.4, 0.5) is 5.69 Å². The number of nitro groups is 1. The summed E-state index contributed by atoms with van der Waals surface area (Å²) in [5.41, 5.74) is 0.278. The van der Waals surface area contributed by atoms with E-state index >= 15 is 0 Å². The molecule has 0 heterocycles. The lowest BCUT2D eigenvalue weighted by Gasteiger charge is -2.29. The number of carbonyl (C=O) groups excluding carboxylic acids is 1. The number of halogens is 1. The van der Waals surface area contributed by atoms with Crippen LogP contribution in [-0.4, -0.2) is 16.9 Å². The normalized spacial score (nSPS) is 21.0. The second-order valence-corrected chi connectivity index (χ2v) is 6.83. The summed E-state index contributed by atoms with van der Waals surface area (Å²) in [7, 11) is 0. The van der Waals surface area contributed by atoms with Crippen molar-refractivity contribution in [1.29, 1.82) is 5.26 Å². The molecule has 0 radical (unpaired) electrons. The predicted molar refractivity (Wildman–Crippen MR) is 93.9 cm³/mol. The van der Waals surface area contributed by atoms with E-state index in [-0.39, 0.29) is 17.3 Å². The summed E-state index contributed by atoms with van der Waals surface area (Å²) in [5.74, 6) is -0.0433. The Morgan fingerprint density at radius 3 is 2.79 bits per heavy atom. The number of hydrogen-bond donors (Lipinski definition) is 1. The lowest BCUT2D eigenvalue weighted by molar-refractivity contribution is -0.385. The van der Waals surface area contributed by atoms with Crippen LogP contribution in [0, 0.1) is 27.4 Å². The molecule has 1 aliphatic carbocycles. The molecule has 1 aromatic rings. The number of nitro benzene ring substituents is 1. The van der Waals surface area contributed by atoms with Crippen LogP contribution in [0.1, 0.15) is 38.2 Å². The van der Waals surface area contributed by atoms with Crippen LogP contribution in [0.15, 0.2) is 28.2 Å². The first-order valence-electron chi connectivity index (χ1n) is 7.79. The van der Waals surface area contributed by atoms with Crippen LogP contribution < -0.4 is 5.32 Å². The Balaban J connectivity index is 2.19. The highest BCUT2D eigenvalue weighted by molar-refractivity contribution is 9.10. The molecule has 0 unspecified atom stereocenters. The first-order valence-corrected chi connectivity index (χ1v) is 8.58. The van der Waals surface area contributed by atoms with Crippen molar-refractivity contribution >= 4 is 33.6 Å². The standard InChI is InChI=1S/C17H18BrN3O3/c1-11-4-2-3-5-15(11)20-17(22)13(10-19)8-12-6-7-14(18)16(9-12)21(23)24/h6-9,11,15H,2-5H2,1H3,(H,20,22)/b13-8+/t11-,15-/m0/s1. The van der Waals surface area contributed by atoms with Crippen LogP contribution in [-0.2, 0) is 4.79 Å². The van der Waals surface area contributed by atoms with Gasteiger partial charge in [0.15, 0.2) is 0 Å². The van der Waals surface area contributed by atoms with Gasteiger partial charge in [-0.25, -0.2) is 0 Å². The quantitative estimate of drug-likeness (QED) is 0.363. The summed E-state index contributed by atoms with van der Waals surface area (Å²) in [6, 6.07) is 6.43. The van der Waals surface area contributed by atoms with Gasteiger partial charge in [0.1, 0.15) is 11.6 Å². The van der Waals surface area contributed by atoms with Gasteiger partial charge >= 0.3 is 0 Å². The number of nitriles is 1. The third-order valence-corrected chi connectivity index (χ3v) is 4.94. The molecule has 0 saturated heterocycles. The number of amides is 1. The average Bonchev–Trinajstić information content (AvgIpc) is 2.55. The van der Waals surface area contributed by atoms with Gasteiger partial charge in [0.05, 0.1) is 9.40 Å². The highest BCUT2D eigenvalue weighted by atomic mass is 79.9. The summed E-state index contributed by atoms with van der Waals surface area (Å²) in [6.07, 6.45) is 5.59. The summed E-state index contributed by atoms with van der Waals surface area (Å²) in [4.78, 5) is 22.8. The molecule has 24 heavy (non-hydrogen) atoms. The van der Waals surface area contributed by atoms with Crippen molar-refractivity contribution in [2.75, 3.05) is 0 Å². The van der Waals surface area contributed by atoms with Crippen molar-refractivity contribution in [3.8, 4) is 6.07 Å². The third-order valence-electron chi connectivity index (χ3n) is 4.27. The van der Waals surface area contributed by atoms with Crippen molar-refractivity contribution in [2.24, 2.45) is 5.92 Å². The minimum Gasteiger partial charge on any atom is -0.348 e. The third kappa shape index (κ3) is 4.42. The van der Waals surface area contributed by atoms with Crippen LogP contribution in [0.3, 0.4) is 0 Å². The highest BCUT2D eigenvalue weighted by Crippen LogP contribution is 2.27. The van der Waals surface area contributed by atoms with Crippen molar-refractivity contribution < 1.29 is 9.72 Å². The van der Waals surface area contributed by atoms with E-state index in [1.807, 2.05) is 6.07 Å². The lowest BCUT2D eigenvalue weighted by atomic mass is 9.86. The molecule has 7 heteroatoms. The highest BCUT2D eigenvalue weighted by Gasteiger charge is 2.24. The van der Waals surface area contributed by atoms with Gasteiger partial charge in [0.25, 0.3) is 11.6 Å². The molecule has 1 amide bonds. The Kier molecular flexibility index (Phi) is 6.10. The molecule has 1 N–H and O–H groups in total. The largest absolute Gasteiger partial charge is 0.348 e. The molecule has 0 bridgehead atoms. The molecule has 0 aliphatic heterocycles. The van der Waals surface area contributed by atoms with Gasteiger partial charge in [-0.1, -0.05) is 25.8 Å². The molecule has 0 spiro atoms. The number of nitrogens with zero attached hydrogens (tertiary/aromatic N) is 2. The minimum absolute atomic E-state index is 0.0515. The second-order valence-electron chi connectivity index (χ2n) is 5.98. The van der Waals surface area contributed by atoms with Crippen LogP contribution in [0.5, 0.6) is 0 Å². The van der Waals surface area contributed by atoms with E-state index in [1.54, 1.807) is 6.07 Å². The Labute approximate surface area is 148 Å². The monoisotopic (exact) mass is 391 g/mol. The molecule has 1 aliphatic rings. The topological polar surface area (TPSA) is 96.0 Å². The lowest BCUT2D eigenvalue weighted by Crippen LogP contribution is -2.41. The van der Waals surface area contributed by atoms with Gasteiger partial charge in [0.2, 0.25) is 0 Å². The fourth-order valence-corrected chi connectivity index (χ4v) is 3.24. The maximum Gasteiger partial charge on any atom is 0.284 e. The molecule has 2 atom stereocenters. The van der Waals surface area contributed by atoms with Crippen molar-refractivity contribution in [3.63, 3.8) is 0 Å². The number of carbonyl (C=O) groups is 1. The van der Waals surface area contributed by atoms with Crippen molar-refractivity contribution in [1.82, 2.24) is 5.32 Å². The molecule has 6 nitrogen and oxygen atoms in total. The van der Waals surface area contributed by atoms with Crippen LogP contribution >= 0.6 is 15.9 Å². The Bertz CT molecular complexity index is 724. The summed E-state index contributed by atoms with van der Waals surface area (Å²) in [6.45, 7) is 2.10. The Morgan fingerprint density at radius 2 is 2.17 bits per heavy atom. The molecule has 1 saturated carbocycles. The van der Waals surface area contributed by atoms with Crippen LogP contribution in [0.25, 0.3) is 6.08 Å². The van der Waals surface area contributed by atoms with E-state index in [4.69, 9.17) is 0 Å². The maximum atomic E-state index is 12.3. The average molecular weight is 392 g/mol. The van der Waals surface area contributed by atoms with Gasteiger partial charge in [-0.05, 0) is 52.4 Å².